The van der Waals surface area contributed by atoms with Gasteiger partial charge in [0.1, 0.15) is 5.75 Å². The number of ether oxygens (including phenoxy) is 1. The molecule has 1 heterocycles. The van der Waals surface area contributed by atoms with E-state index in [1.54, 1.807) is 19.1 Å². The number of hydrogen-bond acceptors (Lipinski definition) is 4. The van der Waals surface area contributed by atoms with E-state index in [1.165, 1.54) is 0 Å². The zero-order valence-corrected chi connectivity index (χ0v) is 16.5. The molecule has 27 heavy (non-hydrogen) atoms. The Morgan fingerprint density at radius 1 is 1.07 bits per heavy atom. The number of likely N-dealkylation sites (tertiary alicyclic amines) is 1. The van der Waals surface area contributed by atoms with E-state index in [9.17, 15) is 9.90 Å². The van der Waals surface area contributed by atoms with Crippen molar-refractivity contribution in [2.75, 3.05) is 13.1 Å². The highest BCUT2D eigenvalue weighted by Gasteiger charge is 2.42. The summed E-state index contributed by atoms with van der Waals surface area (Å²) in [5, 5.41) is 11.8. The summed E-state index contributed by atoms with van der Waals surface area (Å²) in [6.45, 7) is 5.27. The first kappa shape index (κ1) is 19.9. The Bertz CT molecular complexity index is 772. The number of hydrogen-bond donors (Lipinski definition) is 1. The highest BCUT2D eigenvalue weighted by atomic mass is 35.5. The van der Waals surface area contributed by atoms with Gasteiger partial charge in [0.25, 0.3) is 0 Å². The van der Waals surface area contributed by atoms with E-state index in [0.717, 1.165) is 10.6 Å². The Morgan fingerprint density at radius 2 is 1.67 bits per heavy atom. The van der Waals surface area contributed by atoms with Gasteiger partial charge in [-0.3, -0.25) is 9.69 Å². The number of carbonyl (C=O) groups excluding carboxylic acids is 1. The third kappa shape index (κ3) is 4.52. The standard InChI is InChI=1S/C22H26ClNO3/c1-16(21(25)27-18-8-4-3-5-9-18)22(26)12-14-24(15-13-22)17(2)19-10-6-7-11-20(19)23/h3-11,16-17,26H,12-15H2,1-2H3. The first-order chi connectivity index (χ1) is 12.9. The van der Waals surface area contributed by atoms with Crippen molar-refractivity contribution in [1.82, 2.24) is 4.90 Å². The van der Waals surface area contributed by atoms with E-state index < -0.39 is 17.5 Å². The second kappa shape index (κ2) is 8.42. The lowest BCUT2D eigenvalue weighted by molar-refractivity contribution is -0.152. The van der Waals surface area contributed by atoms with Gasteiger partial charge in [-0.2, -0.15) is 0 Å². The van der Waals surface area contributed by atoms with Crippen LogP contribution in [-0.4, -0.2) is 34.7 Å². The number of para-hydroxylation sites is 1. The zero-order chi connectivity index (χ0) is 19.4. The molecule has 2 aromatic carbocycles. The fourth-order valence-corrected chi connectivity index (χ4v) is 3.95. The molecule has 0 amide bonds. The maximum Gasteiger partial charge on any atom is 0.316 e. The van der Waals surface area contributed by atoms with E-state index in [4.69, 9.17) is 16.3 Å². The van der Waals surface area contributed by atoms with Crippen molar-refractivity contribution in [3.8, 4) is 5.75 Å². The molecule has 4 nitrogen and oxygen atoms in total. The molecule has 3 rings (SSSR count). The fraction of sp³-hybridized carbons (Fsp3) is 0.409. The minimum absolute atomic E-state index is 0.162. The van der Waals surface area contributed by atoms with Gasteiger partial charge in [0.05, 0.1) is 11.5 Å². The van der Waals surface area contributed by atoms with Gasteiger partial charge in [-0.1, -0.05) is 48.0 Å². The Balaban J connectivity index is 1.61. The molecule has 0 aliphatic carbocycles. The minimum Gasteiger partial charge on any atom is -0.426 e. The highest BCUT2D eigenvalue weighted by Crippen LogP contribution is 2.35. The SMILES string of the molecule is CC(c1ccccc1Cl)N1CCC(O)(C(C)C(=O)Oc2ccccc2)CC1. The molecule has 5 heteroatoms. The number of esters is 1. The fourth-order valence-electron chi connectivity index (χ4n) is 3.65. The molecular formula is C22H26ClNO3. The molecule has 1 saturated heterocycles. The predicted octanol–water partition coefficient (Wildman–Crippen LogP) is 4.47. The van der Waals surface area contributed by atoms with Gasteiger partial charge < -0.3 is 9.84 Å². The van der Waals surface area contributed by atoms with Gasteiger partial charge in [-0.05, 0) is 50.5 Å². The van der Waals surface area contributed by atoms with Crippen molar-refractivity contribution >= 4 is 17.6 Å². The van der Waals surface area contributed by atoms with Crippen LogP contribution in [0.4, 0.5) is 0 Å². The van der Waals surface area contributed by atoms with Crippen LogP contribution in [-0.2, 0) is 4.79 Å². The van der Waals surface area contributed by atoms with Crippen molar-refractivity contribution in [1.29, 1.82) is 0 Å². The van der Waals surface area contributed by atoms with E-state index in [2.05, 4.69) is 11.8 Å². The maximum absolute atomic E-state index is 12.5. The van der Waals surface area contributed by atoms with Crippen LogP contribution in [0.3, 0.4) is 0 Å². The third-order valence-electron chi connectivity index (χ3n) is 5.69. The number of rotatable bonds is 5. The number of piperidine rings is 1. The predicted molar refractivity (Wildman–Crippen MR) is 107 cm³/mol. The van der Waals surface area contributed by atoms with E-state index in [1.807, 2.05) is 42.5 Å². The smallest absolute Gasteiger partial charge is 0.316 e. The van der Waals surface area contributed by atoms with Crippen LogP contribution >= 0.6 is 11.6 Å². The lowest BCUT2D eigenvalue weighted by atomic mass is 9.80. The molecule has 1 aliphatic heterocycles. The average Bonchev–Trinajstić information content (AvgIpc) is 2.68. The summed E-state index contributed by atoms with van der Waals surface area (Å²) >= 11 is 6.33. The van der Waals surface area contributed by atoms with Crippen LogP contribution in [0.2, 0.25) is 5.02 Å². The Kier molecular flexibility index (Phi) is 6.20. The van der Waals surface area contributed by atoms with Crippen LogP contribution in [0.25, 0.3) is 0 Å². The third-order valence-corrected chi connectivity index (χ3v) is 6.03. The molecule has 0 radical (unpaired) electrons. The summed E-state index contributed by atoms with van der Waals surface area (Å²) in [6, 6.07) is 17.0. The Morgan fingerprint density at radius 3 is 2.30 bits per heavy atom. The van der Waals surface area contributed by atoms with Gasteiger partial charge in [0, 0.05) is 24.2 Å². The maximum atomic E-state index is 12.5. The molecule has 0 saturated carbocycles. The van der Waals surface area contributed by atoms with Crippen molar-refractivity contribution in [3.05, 3.63) is 65.2 Å². The van der Waals surface area contributed by atoms with Crippen LogP contribution in [0.5, 0.6) is 5.75 Å². The summed E-state index contributed by atoms with van der Waals surface area (Å²) in [4.78, 5) is 14.8. The number of carbonyl (C=O) groups is 1. The van der Waals surface area contributed by atoms with Crippen LogP contribution in [0.1, 0.15) is 38.3 Å². The van der Waals surface area contributed by atoms with E-state index >= 15 is 0 Å². The average molecular weight is 388 g/mol. The van der Waals surface area contributed by atoms with Gasteiger partial charge in [0.2, 0.25) is 0 Å². The molecule has 1 N–H and O–H groups in total. The van der Waals surface area contributed by atoms with Crippen LogP contribution in [0, 0.1) is 5.92 Å². The van der Waals surface area contributed by atoms with Crippen molar-refractivity contribution in [3.63, 3.8) is 0 Å². The van der Waals surface area contributed by atoms with Gasteiger partial charge >= 0.3 is 5.97 Å². The molecule has 2 aromatic rings. The van der Waals surface area contributed by atoms with Crippen LogP contribution in [0.15, 0.2) is 54.6 Å². The van der Waals surface area contributed by atoms with E-state index in [-0.39, 0.29) is 6.04 Å². The first-order valence-electron chi connectivity index (χ1n) is 9.38. The van der Waals surface area contributed by atoms with E-state index in [0.29, 0.717) is 31.7 Å². The number of benzene rings is 2. The summed E-state index contributed by atoms with van der Waals surface area (Å²) in [6.07, 6.45) is 1.04. The Hall–Kier alpha value is -1.88. The first-order valence-corrected chi connectivity index (χ1v) is 9.76. The summed E-state index contributed by atoms with van der Waals surface area (Å²) in [5.74, 6) is -0.477. The van der Waals surface area contributed by atoms with Crippen molar-refractivity contribution in [2.24, 2.45) is 5.92 Å². The summed E-state index contributed by atoms with van der Waals surface area (Å²) in [7, 11) is 0. The van der Waals surface area contributed by atoms with Crippen molar-refractivity contribution < 1.29 is 14.6 Å². The normalized spacial score (nSPS) is 19.3. The summed E-state index contributed by atoms with van der Waals surface area (Å²) in [5.41, 5.74) is 0.0314. The van der Waals surface area contributed by atoms with Gasteiger partial charge in [-0.25, -0.2) is 0 Å². The Labute approximate surface area is 165 Å². The topological polar surface area (TPSA) is 49.8 Å². The van der Waals surface area contributed by atoms with Gasteiger partial charge in [0.15, 0.2) is 0 Å². The van der Waals surface area contributed by atoms with Crippen LogP contribution < -0.4 is 4.74 Å². The molecule has 1 fully saturated rings. The highest BCUT2D eigenvalue weighted by molar-refractivity contribution is 6.31. The van der Waals surface area contributed by atoms with Crippen molar-refractivity contribution in [2.45, 2.75) is 38.3 Å². The minimum atomic E-state index is -1.05. The lowest BCUT2D eigenvalue weighted by Gasteiger charge is -2.43. The molecule has 0 spiro atoms. The molecule has 144 valence electrons. The summed E-state index contributed by atoms with van der Waals surface area (Å²) < 4.78 is 5.42. The second-order valence-corrected chi connectivity index (χ2v) is 7.70. The number of aliphatic hydroxyl groups is 1. The number of nitrogens with zero attached hydrogens (tertiary/aromatic N) is 1. The molecule has 2 atom stereocenters. The molecule has 0 bridgehead atoms. The monoisotopic (exact) mass is 387 g/mol. The molecule has 2 unspecified atom stereocenters. The molecular weight excluding hydrogens is 362 g/mol. The zero-order valence-electron chi connectivity index (χ0n) is 15.8. The second-order valence-electron chi connectivity index (χ2n) is 7.29. The quantitative estimate of drug-likeness (QED) is 0.607. The molecule has 1 aliphatic rings. The number of halogens is 1. The molecule has 0 aromatic heterocycles. The largest absolute Gasteiger partial charge is 0.426 e. The van der Waals surface area contributed by atoms with Gasteiger partial charge in [-0.15, -0.1) is 0 Å². The lowest BCUT2D eigenvalue weighted by Crippen LogP contribution is -2.51.